The molecule has 0 aromatic heterocycles. The van der Waals surface area contributed by atoms with Crippen LogP contribution in [0.2, 0.25) is 25.7 Å². The van der Waals surface area contributed by atoms with Gasteiger partial charge in [-0.25, -0.2) is 0 Å². The van der Waals surface area contributed by atoms with Crippen LogP contribution in [0.3, 0.4) is 0 Å². The van der Waals surface area contributed by atoms with Gasteiger partial charge in [-0.2, -0.15) is 0 Å². The number of rotatable bonds is 5. The first-order valence-electron chi connectivity index (χ1n) is 6.53. The first-order chi connectivity index (χ1) is 9.29. The van der Waals surface area contributed by atoms with Gasteiger partial charge in [-0.1, -0.05) is 19.6 Å². The van der Waals surface area contributed by atoms with E-state index in [0.717, 1.165) is 9.61 Å². The summed E-state index contributed by atoms with van der Waals surface area (Å²) in [5.74, 6) is -0.928. The first-order valence-corrected chi connectivity index (χ1v) is 11.3. The first kappa shape index (κ1) is 15.7. The average molecular weight is 403 g/mol. The maximum Gasteiger partial charge on any atom is 0.301 e. The number of hydrogen-bond donors (Lipinski definition) is 0. The monoisotopic (exact) mass is 403 g/mol. The molecule has 1 aliphatic rings. The number of halogens is 1. The summed E-state index contributed by atoms with van der Waals surface area (Å²) in [6, 6.07) is 6.49. The maximum atomic E-state index is 12.0. The predicted molar refractivity (Wildman–Crippen MR) is 89.9 cm³/mol. The van der Waals surface area contributed by atoms with E-state index >= 15 is 0 Å². The highest BCUT2D eigenvalue weighted by atomic mass is 127. The summed E-state index contributed by atoms with van der Waals surface area (Å²) < 4.78 is 6.53. The van der Waals surface area contributed by atoms with E-state index in [4.69, 9.17) is 4.74 Å². The van der Waals surface area contributed by atoms with Crippen LogP contribution in [0.4, 0.5) is 5.69 Å². The van der Waals surface area contributed by atoms with Crippen LogP contribution in [0.25, 0.3) is 0 Å². The number of Topliss-reactive ketones (excluding diaryl/α,β-unsaturated/α-hetero) is 1. The van der Waals surface area contributed by atoms with Crippen LogP contribution in [0.15, 0.2) is 18.2 Å². The zero-order valence-corrected chi connectivity index (χ0v) is 15.1. The Balaban J connectivity index is 2.03. The van der Waals surface area contributed by atoms with Crippen molar-refractivity contribution in [2.24, 2.45) is 0 Å². The molecular weight excluding hydrogens is 385 g/mol. The lowest BCUT2D eigenvalue weighted by Crippen LogP contribution is -2.33. The van der Waals surface area contributed by atoms with E-state index in [0.29, 0.717) is 17.9 Å². The Hall–Kier alpha value is -0.733. The van der Waals surface area contributed by atoms with Crippen molar-refractivity contribution in [3.63, 3.8) is 0 Å². The Morgan fingerprint density at radius 3 is 2.60 bits per heavy atom. The molecule has 4 nitrogen and oxygen atoms in total. The highest BCUT2D eigenvalue weighted by Crippen LogP contribution is 2.30. The van der Waals surface area contributed by atoms with E-state index in [1.807, 2.05) is 12.1 Å². The predicted octanol–water partition coefficient (Wildman–Crippen LogP) is 3.13. The molecule has 2 rings (SSSR count). The SMILES string of the molecule is C[Si](C)(C)CCOCN1C(=O)C(=O)c2cc(I)ccc21. The minimum atomic E-state index is -1.14. The molecule has 6 heteroatoms. The number of hydrogen-bond acceptors (Lipinski definition) is 3. The summed E-state index contributed by atoms with van der Waals surface area (Å²) in [4.78, 5) is 25.3. The fourth-order valence-electron chi connectivity index (χ4n) is 1.94. The minimum absolute atomic E-state index is 0.155. The third-order valence-electron chi connectivity index (χ3n) is 3.15. The summed E-state index contributed by atoms with van der Waals surface area (Å²) in [5, 5.41) is 0. The van der Waals surface area contributed by atoms with Crippen LogP contribution in [0, 0.1) is 3.57 Å². The van der Waals surface area contributed by atoms with E-state index in [9.17, 15) is 9.59 Å². The largest absolute Gasteiger partial charge is 0.361 e. The molecule has 0 saturated heterocycles. The summed E-state index contributed by atoms with van der Waals surface area (Å²) in [7, 11) is -1.14. The molecule has 108 valence electrons. The highest BCUT2D eigenvalue weighted by molar-refractivity contribution is 14.1. The number of fused-ring (bicyclic) bond motifs is 1. The van der Waals surface area contributed by atoms with Crippen molar-refractivity contribution in [3.05, 3.63) is 27.3 Å². The van der Waals surface area contributed by atoms with Gasteiger partial charge in [0, 0.05) is 18.3 Å². The number of carbonyl (C=O) groups excluding carboxylic acids is 2. The standard InChI is InChI=1S/C14H18INO3Si/c1-20(2,3)7-6-19-9-16-12-5-4-10(15)8-11(12)13(17)14(16)18/h4-5,8H,6-7,9H2,1-3H3. The zero-order valence-electron chi connectivity index (χ0n) is 11.9. The Kier molecular flexibility index (Phi) is 4.65. The fraction of sp³-hybridized carbons (Fsp3) is 0.429. The summed E-state index contributed by atoms with van der Waals surface area (Å²) in [6.07, 6.45) is 0. The van der Waals surface area contributed by atoms with Crippen molar-refractivity contribution in [1.29, 1.82) is 0 Å². The third kappa shape index (κ3) is 3.47. The number of benzene rings is 1. The van der Waals surface area contributed by atoms with Gasteiger partial charge in [0.2, 0.25) is 0 Å². The highest BCUT2D eigenvalue weighted by Gasteiger charge is 2.35. The van der Waals surface area contributed by atoms with Gasteiger partial charge >= 0.3 is 5.91 Å². The van der Waals surface area contributed by atoms with Crippen LogP contribution in [0.5, 0.6) is 0 Å². The van der Waals surface area contributed by atoms with E-state index in [-0.39, 0.29) is 6.73 Å². The van der Waals surface area contributed by atoms with Gasteiger partial charge < -0.3 is 4.74 Å². The maximum absolute atomic E-state index is 12.0. The number of ether oxygens (including phenoxy) is 1. The molecule has 0 radical (unpaired) electrons. The molecular formula is C14H18INO3Si. The number of ketones is 1. The van der Waals surface area contributed by atoms with Crippen molar-refractivity contribution >= 4 is 48.0 Å². The van der Waals surface area contributed by atoms with E-state index in [2.05, 4.69) is 42.2 Å². The smallest absolute Gasteiger partial charge is 0.301 e. The summed E-state index contributed by atoms with van der Waals surface area (Å²) >= 11 is 2.13. The van der Waals surface area contributed by atoms with Gasteiger partial charge in [0.1, 0.15) is 6.73 Å². The van der Waals surface area contributed by atoms with Crippen molar-refractivity contribution < 1.29 is 14.3 Å². The molecule has 0 aliphatic carbocycles. The Bertz CT molecular complexity index is 554. The second-order valence-corrected chi connectivity index (χ2v) is 12.9. The molecule has 1 amide bonds. The number of nitrogens with zero attached hydrogens (tertiary/aromatic N) is 1. The number of carbonyl (C=O) groups is 2. The lowest BCUT2D eigenvalue weighted by atomic mass is 10.1. The van der Waals surface area contributed by atoms with Gasteiger partial charge in [-0.15, -0.1) is 0 Å². The topological polar surface area (TPSA) is 46.6 Å². The molecule has 1 aromatic carbocycles. The van der Waals surface area contributed by atoms with E-state index in [1.54, 1.807) is 6.07 Å². The summed E-state index contributed by atoms with van der Waals surface area (Å²) in [5.41, 5.74) is 1.14. The van der Waals surface area contributed by atoms with Crippen LogP contribution in [0.1, 0.15) is 10.4 Å². The summed E-state index contributed by atoms with van der Waals surface area (Å²) in [6.45, 7) is 7.62. The lowest BCUT2D eigenvalue weighted by Gasteiger charge is -2.19. The molecule has 0 saturated carbocycles. The molecule has 0 N–H and O–H groups in total. The average Bonchev–Trinajstić information content (AvgIpc) is 2.58. The quantitative estimate of drug-likeness (QED) is 0.329. The van der Waals surface area contributed by atoms with E-state index in [1.165, 1.54) is 4.90 Å². The Morgan fingerprint density at radius 1 is 1.25 bits per heavy atom. The molecule has 1 heterocycles. The molecule has 0 bridgehead atoms. The Labute approximate surface area is 133 Å². The molecule has 20 heavy (non-hydrogen) atoms. The van der Waals surface area contributed by atoms with Crippen LogP contribution >= 0.6 is 22.6 Å². The zero-order chi connectivity index (χ0) is 14.9. The number of anilines is 1. The van der Waals surface area contributed by atoms with Crippen molar-refractivity contribution in [1.82, 2.24) is 0 Å². The van der Waals surface area contributed by atoms with Gasteiger partial charge in [0.05, 0.1) is 11.3 Å². The van der Waals surface area contributed by atoms with Gasteiger partial charge in [-0.3, -0.25) is 14.5 Å². The lowest BCUT2D eigenvalue weighted by molar-refractivity contribution is -0.115. The van der Waals surface area contributed by atoms with Crippen molar-refractivity contribution in [3.8, 4) is 0 Å². The van der Waals surface area contributed by atoms with Gasteiger partial charge in [-0.05, 0) is 46.8 Å². The van der Waals surface area contributed by atoms with Crippen LogP contribution in [-0.2, 0) is 9.53 Å². The second kappa shape index (κ2) is 5.95. The molecule has 1 aromatic rings. The van der Waals surface area contributed by atoms with Crippen molar-refractivity contribution in [2.75, 3.05) is 18.2 Å². The molecule has 0 fully saturated rings. The minimum Gasteiger partial charge on any atom is -0.361 e. The van der Waals surface area contributed by atoms with Crippen molar-refractivity contribution in [2.45, 2.75) is 25.7 Å². The molecule has 0 spiro atoms. The Morgan fingerprint density at radius 2 is 1.95 bits per heavy atom. The molecule has 0 atom stereocenters. The third-order valence-corrected chi connectivity index (χ3v) is 5.53. The molecule has 0 unspecified atom stereocenters. The van der Waals surface area contributed by atoms with Crippen LogP contribution in [-0.4, -0.2) is 33.1 Å². The second-order valence-electron chi connectivity index (χ2n) is 6.07. The number of amides is 1. The normalized spacial score (nSPS) is 14.9. The van der Waals surface area contributed by atoms with Crippen LogP contribution < -0.4 is 4.90 Å². The fourth-order valence-corrected chi connectivity index (χ4v) is 3.18. The van der Waals surface area contributed by atoms with Gasteiger partial charge in [0.25, 0.3) is 5.78 Å². The molecule has 1 aliphatic heterocycles. The van der Waals surface area contributed by atoms with Gasteiger partial charge in [0.15, 0.2) is 0 Å². The van der Waals surface area contributed by atoms with E-state index < -0.39 is 19.8 Å².